The van der Waals surface area contributed by atoms with Gasteiger partial charge in [0.15, 0.2) is 0 Å². The van der Waals surface area contributed by atoms with Gasteiger partial charge in [-0.25, -0.2) is 0 Å². The molecule has 3 aliphatic rings. The lowest BCUT2D eigenvalue weighted by Gasteiger charge is -2.34. The van der Waals surface area contributed by atoms with Crippen molar-refractivity contribution in [2.24, 2.45) is 0 Å². The summed E-state index contributed by atoms with van der Waals surface area (Å²) in [5, 5.41) is 4.58. The van der Waals surface area contributed by atoms with Gasteiger partial charge in [0, 0.05) is 58.8 Å². The standard InChI is InChI=1S/C23H29N5O3/c1-3-25-11-13-27(14-12-25)22(29)19-16-26(10-7-15-31-2)17-20-21(19)24-28(23(20)30)18-8-5-4-6-9-18/h4-6,8-9,16-17H,3,7,10-15H2,1-2H3. The van der Waals surface area contributed by atoms with Crippen LogP contribution in [-0.4, -0.2) is 76.5 Å². The molecular weight excluding hydrogens is 394 g/mol. The number of aryl methyl sites for hydroxylation is 1. The maximum Gasteiger partial charge on any atom is 0.282 e. The second kappa shape index (κ2) is 9.45. The zero-order valence-electron chi connectivity index (χ0n) is 18.2. The molecule has 0 bridgehead atoms. The van der Waals surface area contributed by atoms with Crippen molar-refractivity contribution in [2.75, 3.05) is 46.4 Å². The number of carbonyl (C=O) groups is 1. The normalized spacial score (nSPS) is 15.0. The van der Waals surface area contributed by atoms with Crippen molar-refractivity contribution in [3.63, 3.8) is 0 Å². The first-order valence-corrected chi connectivity index (χ1v) is 10.8. The predicted octanol–water partition coefficient (Wildman–Crippen LogP) is 1.95. The average Bonchev–Trinajstić information content (AvgIpc) is 3.15. The highest BCUT2D eigenvalue weighted by Crippen LogP contribution is 2.24. The Labute approximate surface area is 182 Å². The van der Waals surface area contributed by atoms with Crippen molar-refractivity contribution in [1.29, 1.82) is 0 Å². The highest BCUT2D eigenvalue weighted by atomic mass is 16.5. The van der Waals surface area contributed by atoms with E-state index in [4.69, 9.17) is 4.74 Å². The third-order valence-corrected chi connectivity index (χ3v) is 5.83. The van der Waals surface area contributed by atoms with Crippen molar-refractivity contribution in [3.8, 4) is 16.9 Å². The van der Waals surface area contributed by atoms with E-state index in [1.165, 1.54) is 4.68 Å². The van der Waals surface area contributed by atoms with Crippen LogP contribution < -0.4 is 5.56 Å². The minimum atomic E-state index is -0.216. The summed E-state index contributed by atoms with van der Waals surface area (Å²) in [6.45, 7) is 7.46. The molecular formula is C23H29N5O3. The van der Waals surface area contributed by atoms with Crippen molar-refractivity contribution >= 4 is 5.91 Å². The number of hydrogen-bond donors (Lipinski definition) is 0. The van der Waals surface area contributed by atoms with Gasteiger partial charge in [-0.05, 0) is 25.1 Å². The maximum atomic E-state index is 13.5. The van der Waals surface area contributed by atoms with E-state index in [1.54, 1.807) is 13.3 Å². The van der Waals surface area contributed by atoms with E-state index < -0.39 is 0 Å². The number of piperazine rings is 1. The smallest absolute Gasteiger partial charge is 0.282 e. The molecule has 31 heavy (non-hydrogen) atoms. The minimum Gasteiger partial charge on any atom is -0.385 e. The number of methoxy groups -OCH3 is 1. The Morgan fingerprint density at radius 2 is 1.84 bits per heavy atom. The largest absolute Gasteiger partial charge is 0.385 e. The highest BCUT2D eigenvalue weighted by Gasteiger charge is 2.28. The summed E-state index contributed by atoms with van der Waals surface area (Å²) < 4.78 is 8.46. The zero-order valence-corrected chi connectivity index (χ0v) is 18.2. The van der Waals surface area contributed by atoms with E-state index in [1.807, 2.05) is 46.0 Å². The molecule has 1 aromatic carbocycles. The van der Waals surface area contributed by atoms with Crippen LogP contribution >= 0.6 is 0 Å². The van der Waals surface area contributed by atoms with E-state index >= 15 is 0 Å². The van der Waals surface area contributed by atoms with E-state index in [2.05, 4.69) is 16.9 Å². The van der Waals surface area contributed by atoms with Gasteiger partial charge >= 0.3 is 0 Å². The fourth-order valence-corrected chi connectivity index (χ4v) is 4.02. The van der Waals surface area contributed by atoms with Gasteiger partial charge in [-0.3, -0.25) is 9.59 Å². The number of benzene rings is 1. The van der Waals surface area contributed by atoms with Crippen LogP contribution in [0.1, 0.15) is 23.7 Å². The van der Waals surface area contributed by atoms with Crippen LogP contribution in [0.15, 0.2) is 47.5 Å². The monoisotopic (exact) mass is 423 g/mol. The molecule has 164 valence electrons. The number of para-hydroxylation sites is 1. The van der Waals surface area contributed by atoms with Crippen LogP contribution in [0.4, 0.5) is 0 Å². The lowest BCUT2D eigenvalue weighted by molar-refractivity contribution is 0.0643. The van der Waals surface area contributed by atoms with Crippen molar-refractivity contribution in [3.05, 3.63) is 58.6 Å². The van der Waals surface area contributed by atoms with E-state index in [-0.39, 0.29) is 11.5 Å². The van der Waals surface area contributed by atoms with Crippen molar-refractivity contribution in [2.45, 2.75) is 19.9 Å². The van der Waals surface area contributed by atoms with Crippen LogP contribution in [0.2, 0.25) is 0 Å². The molecule has 0 spiro atoms. The molecule has 4 rings (SSSR count). The second-order valence-electron chi connectivity index (χ2n) is 7.80. The Balaban J connectivity index is 1.75. The summed E-state index contributed by atoms with van der Waals surface area (Å²) >= 11 is 0. The molecule has 1 saturated heterocycles. The number of amides is 1. The molecule has 3 aliphatic heterocycles. The molecule has 0 aromatic heterocycles. The Morgan fingerprint density at radius 3 is 2.52 bits per heavy atom. The molecule has 0 unspecified atom stereocenters. The van der Waals surface area contributed by atoms with Gasteiger partial charge in [0.2, 0.25) is 0 Å². The number of aromatic nitrogens is 3. The topological polar surface area (TPSA) is 72.6 Å². The van der Waals surface area contributed by atoms with Gasteiger partial charge in [-0.15, -0.1) is 0 Å². The number of rotatable bonds is 7. The first-order chi connectivity index (χ1) is 15.1. The Morgan fingerprint density at radius 1 is 1.10 bits per heavy atom. The SMILES string of the molecule is CCN1CCN(C(=O)c2cn(CCCOC)cc3c(=O)n(-c4ccccc4)nc2-3)CC1. The fraction of sp³-hybridized carbons (Fsp3) is 0.435. The maximum absolute atomic E-state index is 13.5. The molecule has 0 saturated carbocycles. The number of likely N-dealkylation sites (N-methyl/N-ethyl adjacent to an activating group) is 1. The van der Waals surface area contributed by atoms with Gasteiger partial charge < -0.3 is 19.1 Å². The fourth-order valence-electron chi connectivity index (χ4n) is 4.02. The summed E-state index contributed by atoms with van der Waals surface area (Å²) in [5.74, 6) is -0.0699. The van der Waals surface area contributed by atoms with E-state index in [9.17, 15) is 9.59 Å². The third-order valence-electron chi connectivity index (χ3n) is 5.83. The number of hydrogen-bond acceptors (Lipinski definition) is 5. The van der Waals surface area contributed by atoms with Crippen molar-refractivity contribution in [1.82, 2.24) is 24.1 Å². The van der Waals surface area contributed by atoms with Crippen molar-refractivity contribution < 1.29 is 9.53 Å². The third kappa shape index (κ3) is 4.40. The van der Waals surface area contributed by atoms with Crippen LogP contribution in [0, 0.1) is 0 Å². The molecule has 1 fully saturated rings. The molecule has 0 radical (unpaired) electrons. The number of ether oxygens (including phenoxy) is 1. The summed E-state index contributed by atoms with van der Waals surface area (Å²) in [7, 11) is 1.67. The number of pyridine rings is 1. The molecule has 0 atom stereocenters. The van der Waals surface area contributed by atoms with E-state index in [0.717, 1.165) is 26.1 Å². The van der Waals surface area contributed by atoms with E-state index in [0.29, 0.717) is 48.7 Å². The van der Waals surface area contributed by atoms with Crippen LogP contribution in [-0.2, 0) is 11.3 Å². The molecule has 1 aromatic rings. The predicted molar refractivity (Wildman–Crippen MR) is 119 cm³/mol. The Hall–Kier alpha value is -2.97. The van der Waals surface area contributed by atoms with Gasteiger partial charge in [0.05, 0.1) is 16.8 Å². The molecule has 0 aliphatic carbocycles. The molecule has 1 amide bonds. The second-order valence-corrected chi connectivity index (χ2v) is 7.80. The lowest BCUT2D eigenvalue weighted by atomic mass is 10.1. The van der Waals surface area contributed by atoms with Gasteiger partial charge in [-0.1, -0.05) is 25.1 Å². The van der Waals surface area contributed by atoms with Crippen LogP contribution in [0.5, 0.6) is 0 Å². The van der Waals surface area contributed by atoms with Gasteiger partial charge in [0.1, 0.15) is 5.69 Å². The number of fused-ring (bicyclic) bond motifs is 1. The quantitative estimate of drug-likeness (QED) is 0.543. The molecule has 8 heteroatoms. The van der Waals surface area contributed by atoms with Crippen LogP contribution in [0.3, 0.4) is 0 Å². The molecule has 0 N–H and O–H groups in total. The molecule has 8 nitrogen and oxygen atoms in total. The first kappa shape index (κ1) is 21.3. The summed E-state index contributed by atoms with van der Waals surface area (Å²) in [4.78, 5) is 30.8. The Kier molecular flexibility index (Phi) is 6.48. The Bertz CT molecular complexity index is 1050. The minimum absolute atomic E-state index is 0.0699. The molecule has 3 heterocycles. The van der Waals surface area contributed by atoms with Gasteiger partial charge in [-0.2, -0.15) is 9.78 Å². The summed E-state index contributed by atoms with van der Waals surface area (Å²) in [6, 6.07) is 9.30. The first-order valence-electron chi connectivity index (χ1n) is 10.8. The average molecular weight is 424 g/mol. The zero-order chi connectivity index (χ0) is 21.8. The summed E-state index contributed by atoms with van der Waals surface area (Å²) in [6.07, 6.45) is 4.41. The highest BCUT2D eigenvalue weighted by molar-refractivity contribution is 6.00. The van der Waals surface area contributed by atoms with Gasteiger partial charge in [0.25, 0.3) is 11.5 Å². The number of carbonyl (C=O) groups excluding carboxylic acids is 1. The lowest BCUT2D eigenvalue weighted by Crippen LogP contribution is -2.48. The summed E-state index contributed by atoms with van der Waals surface area (Å²) in [5.41, 5.74) is 1.86. The number of nitrogens with zero attached hydrogens (tertiary/aromatic N) is 5. The van der Waals surface area contributed by atoms with Crippen LogP contribution in [0.25, 0.3) is 16.9 Å².